The molecule has 5 atom stereocenters. The van der Waals surface area contributed by atoms with Crippen LogP contribution in [0.5, 0.6) is 0 Å². The van der Waals surface area contributed by atoms with Crippen molar-refractivity contribution in [1.29, 1.82) is 0 Å². The van der Waals surface area contributed by atoms with Crippen LogP contribution >= 0.6 is 0 Å². The number of nitrogens with one attached hydrogen (secondary N) is 5. The summed E-state index contributed by atoms with van der Waals surface area (Å²) in [6.07, 6.45) is 2.72. The van der Waals surface area contributed by atoms with Crippen LogP contribution in [-0.2, 0) is 35.2 Å². The van der Waals surface area contributed by atoms with Crippen molar-refractivity contribution in [1.82, 2.24) is 31.2 Å². The van der Waals surface area contributed by atoms with Crippen molar-refractivity contribution in [3.05, 3.63) is 36.0 Å². The van der Waals surface area contributed by atoms with Gasteiger partial charge in [-0.2, -0.15) is 0 Å². The highest BCUT2D eigenvalue weighted by molar-refractivity contribution is 5.97. The summed E-state index contributed by atoms with van der Waals surface area (Å²) in [4.78, 5) is 81.8. The van der Waals surface area contributed by atoms with Crippen molar-refractivity contribution in [2.24, 2.45) is 17.6 Å². The molecule has 2 heterocycles. The fraction of sp³-hybridized carbons (Fsp3) is 0.548. The van der Waals surface area contributed by atoms with Gasteiger partial charge in [0.25, 0.3) is 0 Å². The van der Waals surface area contributed by atoms with Gasteiger partial charge in [0.1, 0.15) is 30.2 Å². The van der Waals surface area contributed by atoms with Crippen molar-refractivity contribution >= 4 is 46.4 Å². The number of fused-ring (bicyclic) bond motifs is 1. The fourth-order valence-corrected chi connectivity index (χ4v) is 5.38. The summed E-state index contributed by atoms with van der Waals surface area (Å²) in [5, 5.41) is 20.7. The van der Waals surface area contributed by atoms with Crippen LogP contribution in [0.15, 0.2) is 30.5 Å². The molecule has 45 heavy (non-hydrogen) atoms. The van der Waals surface area contributed by atoms with Crippen molar-refractivity contribution in [2.75, 3.05) is 13.1 Å². The Morgan fingerprint density at radius 2 is 1.60 bits per heavy atom. The number of hydrogen-bond donors (Lipinski definition) is 7. The fourth-order valence-electron chi connectivity index (χ4n) is 5.38. The third-order valence-corrected chi connectivity index (χ3v) is 7.98. The van der Waals surface area contributed by atoms with Gasteiger partial charge in [-0.05, 0) is 43.2 Å². The van der Waals surface area contributed by atoms with Gasteiger partial charge in [-0.3, -0.25) is 28.8 Å². The van der Waals surface area contributed by atoms with E-state index < -0.39 is 71.6 Å². The molecule has 0 bridgehead atoms. The maximum absolute atomic E-state index is 13.7. The predicted molar refractivity (Wildman–Crippen MR) is 167 cm³/mol. The van der Waals surface area contributed by atoms with E-state index in [1.165, 1.54) is 11.8 Å². The predicted octanol–water partition coefficient (Wildman–Crippen LogP) is 0.0158. The molecule has 5 amide bonds. The Balaban J connectivity index is 1.79. The number of carbonyl (C=O) groups excluding carboxylic acids is 5. The lowest BCUT2D eigenvalue weighted by Crippen LogP contribution is -2.60. The van der Waals surface area contributed by atoms with E-state index in [4.69, 9.17) is 5.73 Å². The van der Waals surface area contributed by atoms with Gasteiger partial charge in [-0.25, -0.2) is 0 Å². The zero-order chi connectivity index (χ0) is 33.4. The number of aliphatic carboxylic acids is 1. The number of carboxylic acids is 1. The molecule has 14 nitrogen and oxygen atoms in total. The van der Waals surface area contributed by atoms with Gasteiger partial charge in [-0.15, -0.1) is 0 Å². The molecule has 246 valence electrons. The number of nitrogens with zero attached hydrogens (tertiary/aromatic N) is 1. The Morgan fingerprint density at radius 3 is 2.22 bits per heavy atom. The average Bonchev–Trinajstić information content (AvgIpc) is 3.65. The number of rotatable bonds is 14. The molecule has 2 aromatic rings. The van der Waals surface area contributed by atoms with E-state index >= 15 is 0 Å². The third-order valence-electron chi connectivity index (χ3n) is 7.98. The van der Waals surface area contributed by atoms with E-state index in [2.05, 4.69) is 26.3 Å². The summed E-state index contributed by atoms with van der Waals surface area (Å²) in [6, 6.07) is 2.30. The van der Waals surface area contributed by atoms with Gasteiger partial charge < -0.3 is 42.0 Å². The van der Waals surface area contributed by atoms with Gasteiger partial charge in [0, 0.05) is 30.1 Å². The van der Waals surface area contributed by atoms with Gasteiger partial charge in [0.05, 0.1) is 6.54 Å². The van der Waals surface area contributed by atoms with Crippen molar-refractivity contribution in [3.8, 4) is 0 Å². The minimum absolute atomic E-state index is 0.0582. The summed E-state index contributed by atoms with van der Waals surface area (Å²) < 4.78 is 0. The molecule has 0 spiro atoms. The average molecular weight is 628 g/mol. The lowest BCUT2D eigenvalue weighted by Gasteiger charge is -2.32. The zero-order valence-corrected chi connectivity index (χ0v) is 26.4. The van der Waals surface area contributed by atoms with Crippen LogP contribution in [-0.4, -0.2) is 93.8 Å². The van der Waals surface area contributed by atoms with Gasteiger partial charge >= 0.3 is 5.97 Å². The summed E-state index contributed by atoms with van der Waals surface area (Å²) in [7, 11) is 0. The molecule has 5 unspecified atom stereocenters. The zero-order valence-electron chi connectivity index (χ0n) is 26.4. The molecule has 1 aliphatic heterocycles. The first-order chi connectivity index (χ1) is 21.2. The van der Waals surface area contributed by atoms with Crippen molar-refractivity contribution in [3.63, 3.8) is 0 Å². The number of aromatic amines is 1. The molecular weight excluding hydrogens is 582 g/mol. The van der Waals surface area contributed by atoms with Gasteiger partial charge in [-0.1, -0.05) is 45.9 Å². The summed E-state index contributed by atoms with van der Waals surface area (Å²) >= 11 is 0. The Morgan fingerprint density at radius 1 is 0.933 bits per heavy atom. The van der Waals surface area contributed by atoms with Crippen molar-refractivity contribution in [2.45, 2.75) is 84.1 Å². The molecule has 1 aromatic carbocycles. The molecule has 8 N–H and O–H groups in total. The number of para-hydroxylation sites is 1. The molecule has 3 rings (SSSR count). The van der Waals surface area contributed by atoms with Crippen LogP contribution < -0.4 is 27.0 Å². The number of carbonyl (C=O) groups is 6. The number of likely N-dealkylation sites (tertiary alicyclic amines) is 1. The molecular formula is C31H45N7O7. The summed E-state index contributed by atoms with van der Waals surface area (Å²) in [5.74, 6) is -4.63. The topological polar surface area (TPSA) is 216 Å². The Bertz CT molecular complexity index is 1410. The second kappa shape index (κ2) is 15.5. The Hall–Kier alpha value is -4.46. The van der Waals surface area contributed by atoms with Crippen LogP contribution in [0.3, 0.4) is 0 Å². The number of nitrogens with two attached hydrogens (primary N) is 1. The van der Waals surface area contributed by atoms with Gasteiger partial charge in [0.15, 0.2) is 0 Å². The van der Waals surface area contributed by atoms with Crippen LogP contribution in [0, 0.1) is 11.8 Å². The second-order valence-electron chi connectivity index (χ2n) is 12.1. The first-order valence-electron chi connectivity index (χ1n) is 15.2. The molecule has 0 radical (unpaired) electrons. The lowest BCUT2D eigenvalue weighted by molar-refractivity contribution is -0.143. The standard InChI is InChI=1S/C31H45N7O7/c1-16(2)25(37-28(41)23-11-8-12-38(23)30(43)26(17(3)4)36-24(39)14-32)29(42)35-22(27(40)34-18(5)31(44)45)13-19-15-33-21-10-7-6-9-20(19)21/h6-7,9-10,15-18,22-23,25-26,33H,8,11-14,32H2,1-5H3,(H,34,40)(H,35,42)(H,36,39)(H,37,41)(H,44,45). The van der Waals surface area contributed by atoms with E-state index in [1.807, 2.05) is 24.3 Å². The Kier molecular flexibility index (Phi) is 12.1. The number of carboxylic acid groups (broad SMARTS) is 1. The molecule has 0 saturated carbocycles. The second-order valence-corrected chi connectivity index (χ2v) is 12.1. The first kappa shape index (κ1) is 35.0. The van der Waals surface area contributed by atoms with E-state index in [0.29, 0.717) is 19.4 Å². The normalized spacial score (nSPS) is 17.4. The minimum atomic E-state index is -1.23. The first-order valence-corrected chi connectivity index (χ1v) is 15.2. The number of amides is 5. The molecule has 1 aliphatic rings. The number of H-pyrrole nitrogens is 1. The Labute approximate surface area is 262 Å². The van der Waals surface area contributed by atoms with E-state index in [9.17, 15) is 33.9 Å². The maximum Gasteiger partial charge on any atom is 0.325 e. The molecule has 1 fully saturated rings. The highest BCUT2D eigenvalue weighted by Crippen LogP contribution is 2.22. The molecule has 1 aromatic heterocycles. The van der Waals surface area contributed by atoms with Crippen LogP contribution in [0.25, 0.3) is 10.9 Å². The van der Waals surface area contributed by atoms with Gasteiger partial charge in [0.2, 0.25) is 29.5 Å². The van der Waals surface area contributed by atoms with E-state index in [1.54, 1.807) is 33.9 Å². The van der Waals surface area contributed by atoms with Crippen molar-refractivity contribution < 1.29 is 33.9 Å². The summed E-state index contributed by atoms with van der Waals surface area (Å²) in [5.41, 5.74) is 6.99. The number of aromatic nitrogens is 1. The maximum atomic E-state index is 13.7. The highest BCUT2D eigenvalue weighted by Gasteiger charge is 2.40. The molecule has 1 saturated heterocycles. The molecule has 14 heteroatoms. The van der Waals surface area contributed by atoms with E-state index in [0.717, 1.165) is 16.5 Å². The van der Waals surface area contributed by atoms with Crippen LogP contribution in [0.1, 0.15) is 53.0 Å². The smallest absolute Gasteiger partial charge is 0.325 e. The SMILES string of the molecule is CC(NC(=O)C(Cc1c[nH]c2ccccc12)NC(=O)C(NC(=O)C1CCCN1C(=O)C(NC(=O)CN)C(C)C)C(C)C)C(=O)O. The van der Waals surface area contributed by atoms with E-state index in [-0.39, 0.29) is 18.9 Å². The number of hydrogen-bond acceptors (Lipinski definition) is 7. The monoisotopic (exact) mass is 627 g/mol. The minimum Gasteiger partial charge on any atom is -0.480 e. The molecule has 0 aliphatic carbocycles. The number of benzene rings is 1. The summed E-state index contributed by atoms with van der Waals surface area (Å²) in [6.45, 7) is 8.39. The van der Waals surface area contributed by atoms with Crippen LogP contribution in [0.4, 0.5) is 0 Å². The largest absolute Gasteiger partial charge is 0.480 e. The van der Waals surface area contributed by atoms with Crippen LogP contribution in [0.2, 0.25) is 0 Å². The highest BCUT2D eigenvalue weighted by atomic mass is 16.4. The third kappa shape index (κ3) is 8.81. The lowest BCUT2D eigenvalue weighted by atomic mass is 9.99. The quantitative estimate of drug-likeness (QED) is 0.151.